The number of guanidine groups is 1. The highest BCUT2D eigenvalue weighted by molar-refractivity contribution is 14.0. The molecule has 1 aromatic carbocycles. The second kappa shape index (κ2) is 12.6. The van der Waals surface area contributed by atoms with Crippen LogP contribution in [0.5, 0.6) is 17.2 Å². The van der Waals surface area contributed by atoms with Gasteiger partial charge in [-0.25, -0.2) is 4.99 Å². The minimum absolute atomic E-state index is 0. The Bertz CT molecular complexity index is 895. The molecule has 12 heteroatoms. The summed E-state index contributed by atoms with van der Waals surface area (Å²) >= 11 is 0. The Morgan fingerprint density at radius 1 is 1.22 bits per heavy atom. The number of halogens is 3. The number of hydrogen-bond donors (Lipinski definition) is 2. The van der Waals surface area contributed by atoms with Crippen LogP contribution in [-0.4, -0.2) is 42.6 Å². The normalized spacial score (nSPS) is 12.8. The van der Waals surface area contributed by atoms with Crippen molar-refractivity contribution < 1.29 is 27.5 Å². The minimum Gasteiger partial charge on any atom is -0.454 e. The largest absolute Gasteiger partial charge is 0.454 e. The van der Waals surface area contributed by atoms with Crippen LogP contribution in [0.3, 0.4) is 0 Å². The molecular formula is C20H28F2IN5O4. The summed E-state index contributed by atoms with van der Waals surface area (Å²) in [5.41, 5.74) is 0.467. The molecule has 0 bridgehead atoms. The van der Waals surface area contributed by atoms with E-state index in [2.05, 4.69) is 30.5 Å². The molecule has 0 aliphatic carbocycles. The van der Waals surface area contributed by atoms with Gasteiger partial charge in [-0.3, -0.25) is 0 Å². The molecule has 9 nitrogen and oxygen atoms in total. The SMILES string of the molecule is CCNC(=NCc1cc2c(cc1OC(F)F)OCO2)NCCCc1nc(C(C)C)no1.I. The molecule has 0 fully saturated rings. The van der Waals surface area contributed by atoms with E-state index in [1.54, 1.807) is 6.07 Å². The number of aromatic nitrogens is 2. The van der Waals surface area contributed by atoms with Crippen molar-refractivity contribution in [2.75, 3.05) is 19.9 Å². The van der Waals surface area contributed by atoms with Crippen molar-refractivity contribution in [1.82, 2.24) is 20.8 Å². The summed E-state index contributed by atoms with van der Waals surface area (Å²) in [6.45, 7) is 4.43. The van der Waals surface area contributed by atoms with Crippen LogP contribution in [0.2, 0.25) is 0 Å². The van der Waals surface area contributed by atoms with Gasteiger partial charge in [-0.2, -0.15) is 13.8 Å². The topological polar surface area (TPSA) is 103 Å². The third-order valence-corrected chi connectivity index (χ3v) is 4.38. The lowest BCUT2D eigenvalue weighted by molar-refractivity contribution is -0.0505. The number of nitrogens with zero attached hydrogens (tertiary/aromatic N) is 3. The maximum atomic E-state index is 12.8. The molecule has 2 N–H and O–H groups in total. The number of hydrogen-bond acceptors (Lipinski definition) is 7. The first kappa shape index (κ1) is 25.9. The zero-order valence-corrected chi connectivity index (χ0v) is 20.5. The van der Waals surface area contributed by atoms with E-state index in [0.717, 1.165) is 6.42 Å². The molecule has 0 radical (unpaired) electrons. The molecule has 2 aromatic rings. The van der Waals surface area contributed by atoms with Crippen molar-refractivity contribution in [3.05, 3.63) is 29.4 Å². The first-order valence-electron chi connectivity index (χ1n) is 10.2. The third kappa shape index (κ3) is 7.35. The maximum absolute atomic E-state index is 12.8. The number of aryl methyl sites for hydroxylation is 1. The van der Waals surface area contributed by atoms with Crippen LogP contribution in [0.4, 0.5) is 8.78 Å². The Morgan fingerprint density at radius 3 is 2.62 bits per heavy atom. The van der Waals surface area contributed by atoms with Gasteiger partial charge < -0.3 is 29.4 Å². The lowest BCUT2D eigenvalue weighted by Gasteiger charge is -2.13. The summed E-state index contributed by atoms with van der Waals surface area (Å²) in [6.07, 6.45) is 1.40. The van der Waals surface area contributed by atoms with Gasteiger partial charge in [0.05, 0.1) is 6.54 Å². The Kier molecular flexibility index (Phi) is 10.2. The highest BCUT2D eigenvalue weighted by atomic mass is 127. The van der Waals surface area contributed by atoms with Crippen molar-refractivity contribution >= 4 is 29.9 Å². The number of alkyl halides is 2. The quantitative estimate of drug-likeness (QED) is 0.193. The molecule has 178 valence electrons. The number of ether oxygens (including phenoxy) is 3. The fraction of sp³-hybridized carbons (Fsp3) is 0.550. The van der Waals surface area contributed by atoms with Gasteiger partial charge in [-0.1, -0.05) is 19.0 Å². The molecule has 0 unspecified atom stereocenters. The molecule has 0 saturated heterocycles. The molecule has 3 rings (SSSR count). The smallest absolute Gasteiger partial charge is 0.387 e. The standard InChI is InChI=1S/C20H27F2N5O4.HI/c1-4-23-20(24-7-5-6-17-26-18(12(2)3)27-31-17)25-10-13-8-15-16(29-11-28-15)9-14(13)30-19(21)22;/h8-9,12,19H,4-7,10-11H2,1-3H3,(H2,23,24,25);1H. The van der Waals surface area contributed by atoms with Gasteiger partial charge in [0.1, 0.15) is 5.75 Å². The second-order valence-corrected chi connectivity index (χ2v) is 7.12. The Hall–Kier alpha value is -2.38. The van der Waals surface area contributed by atoms with Crippen LogP contribution in [0.25, 0.3) is 0 Å². The van der Waals surface area contributed by atoms with Crippen LogP contribution in [0, 0.1) is 0 Å². The van der Waals surface area contributed by atoms with E-state index in [1.165, 1.54) is 6.07 Å². The Labute approximate surface area is 202 Å². The molecule has 2 heterocycles. The lowest BCUT2D eigenvalue weighted by Crippen LogP contribution is -2.37. The molecular weight excluding hydrogens is 539 g/mol. The van der Waals surface area contributed by atoms with Crippen LogP contribution in [0.15, 0.2) is 21.6 Å². The summed E-state index contributed by atoms with van der Waals surface area (Å²) in [5.74, 6) is 2.93. The highest BCUT2D eigenvalue weighted by Crippen LogP contribution is 2.39. The fourth-order valence-corrected chi connectivity index (χ4v) is 2.85. The zero-order valence-electron chi connectivity index (χ0n) is 18.2. The lowest BCUT2D eigenvalue weighted by atomic mass is 10.1. The molecule has 0 spiro atoms. The summed E-state index contributed by atoms with van der Waals surface area (Å²) in [6, 6.07) is 3.00. The van der Waals surface area contributed by atoms with Gasteiger partial charge in [0.25, 0.3) is 0 Å². The summed E-state index contributed by atoms with van der Waals surface area (Å²) in [4.78, 5) is 8.82. The average Bonchev–Trinajstić information content (AvgIpc) is 3.37. The predicted molar refractivity (Wildman–Crippen MR) is 124 cm³/mol. The van der Waals surface area contributed by atoms with Crippen molar-refractivity contribution in [1.29, 1.82) is 0 Å². The van der Waals surface area contributed by atoms with Crippen LogP contribution >= 0.6 is 24.0 Å². The molecule has 0 atom stereocenters. The van der Waals surface area contributed by atoms with Gasteiger partial charge in [0.2, 0.25) is 12.7 Å². The third-order valence-electron chi connectivity index (χ3n) is 4.38. The van der Waals surface area contributed by atoms with Crippen LogP contribution in [0.1, 0.15) is 50.4 Å². The van der Waals surface area contributed by atoms with Crippen LogP contribution < -0.4 is 24.8 Å². The van der Waals surface area contributed by atoms with Crippen LogP contribution in [-0.2, 0) is 13.0 Å². The van der Waals surface area contributed by atoms with Gasteiger partial charge in [-0.15, -0.1) is 24.0 Å². The second-order valence-electron chi connectivity index (χ2n) is 7.12. The first-order valence-corrected chi connectivity index (χ1v) is 10.2. The van der Waals surface area contributed by atoms with E-state index in [4.69, 9.17) is 14.0 Å². The van der Waals surface area contributed by atoms with Crippen molar-refractivity contribution in [3.8, 4) is 17.2 Å². The zero-order chi connectivity index (χ0) is 22.2. The monoisotopic (exact) mass is 567 g/mol. The minimum atomic E-state index is -2.95. The maximum Gasteiger partial charge on any atom is 0.387 e. The molecule has 0 saturated carbocycles. The van der Waals surface area contributed by atoms with E-state index in [-0.39, 0.29) is 49.0 Å². The highest BCUT2D eigenvalue weighted by Gasteiger charge is 2.20. The summed E-state index contributed by atoms with van der Waals surface area (Å²) < 4.78 is 46.0. The molecule has 0 amide bonds. The Morgan fingerprint density at radius 2 is 1.97 bits per heavy atom. The van der Waals surface area contributed by atoms with Crippen molar-refractivity contribution in [2.45, 2.75) is 52.7 Å². The summed E-state index contributed by atoms with van der Waals surface area (Å²) in [7, 11) is 0. The molecule has 1 aliphatic rings. The molecule has 32 heavy (non-hydrogen) atoms. The van der Waals surface area contributed by atoms with Gasteiger partial charge in [0.15, 0.2) is 23.3 Å². The molecule has 1 aliphatic heterocycles. The van der Waals surface area contributed by atoms with E-state index in [1.807, 2.05) is 20.8 Å². The first-order chi connectivity index (χ1) is 15.0. The number of benzene rings is 1. The van der Waals surface area contributed by atoms with Crippen molar-refractivity contribution in [3.63, 3.8) is 0 Å². The Balaban J connectivity index is 0.00000363. The van der Waals surface area contributed by atoms with E-state index in [9.17, 15) is 8.78 Å². The number of rotatable bonds is 10. The van der Waals surface area contributed by atoms with Gasteiger partial charge in [0, 0.05) is 37.1 Å². The average molecular weight is 567 g/mol. The fourth-order valence-electron chi connectivity index (χ4n) is 2.85. The van der Waals surface area contributed by atoms with E-state index >= 15 is 0 Å². The number of nitrogens with one attached hydrogen (secondary N) is 2. The van der Waals surface area contributed by atoms with E-state index < -0.39 is 6.61 Å². The summed E-state index contributed by atoms with van der Waals surface area (Å²) in [5, 5.41) is 10.3. The van der Waals surface area contributed by atoms with Gasteiger partial charge in [-0.05, 0) is 19.4 Å². The molecule has 1 aromatic heterocycles. The van der Waals surface area contributed by atoms with Crippen molar-refractivity contribution in [2.24, 2.45) is 4.99 Å². The number of aliphatic imine (C=N–C) groups is 1. The van der Waals surface area contributed by atoms with Gasteiger partial charge >= 0.3 is 6.61 Å². The number of fused-ring (bicyclic) bond motifs is 1. The van der Waals surface area contributed by atoms with E-state index in [0.29, 0.717) is 54.2 Å². The predicted octanol–water partition coefficient (Wildman–Crippen LogP) is 3.83.